The molecule has 1 unspecified atom stereocenters. The van der Waals surface area contributed by atoms with E-state index in [0.29, 0.717) is 23.4 Å². The first kappa shape index (κ1) is 18.6. The van der Waals surface area contributed by atoms with Gasteiger partial charge in [0.25, 0.3) is 0 Å². The number of carbonyl (C=O) groups excluding carboxylic acids is 1. The van der Waals surface area contributed by atoms with E-state index in [-0.39, 0.29) is 11.9 Å². The molecule has 0 bridgehead atoms. The quantitative estimate of drug-likeness (QED) is 0.531. The number of hydrogen-bond donors (Lipinski definition) is 0. The molecule has 144 valence electrons. The summed E-state index contributed by atoms with van der Waals surface area (Å²) in [5.41, 5.74) is 2.14. The summed E-state index contributed by atoms with van der Waals surface area (Å²) in [7, 11) is 0. The summed E-state index contributed by atoms with van der Waals surface area (Å²) in [5, 5.41) is 12.5. The molecule has 27 heavy (non-hydrogen) atoms. The summed E-state index contributed by atoms with van der Waals surface area (Å²) in [6, 6.07) is 8.22. The van der Waals surface area contributed by atoms with Crippen molar-refractivity contribution < 1.29 is 9.53 Å². The lowest BCUT2D eigenvalue weighted by Crippen LogP contribution is -2.17. The van der Waals surface area contributed by atoms with Gasteiger partial charge in [-0.1, -0.05) is 55.3 Å². The molecule has 4 rings (SSSR count). The Kier molecular flexibility index (Phi) is 6.19. The van der Waals surface area contributed by atoms with E-state index in [2.05, 4.69) is 27.7 Å². The molecule has 1 aromatic heterocycles. The number of benzene rings is 1. The van der Waals surface area contributed by atoms with Crippen molar-refractivity contribution in [1.29, 1.82) is 0 Å². The van der Waals surface area contributed by atoms with E-state index < -0.39 is 0 Å². The molecule has 1 saturated heterocycles. The molecule has 0 amide bonds. The van der Waals surface area contributed by atoms with Gasteiger partial charge in [-0.05, 0) is 47.6 Å². The standard InChI is InChI=1S/C20H26N4O2S/c25-19(17-10-8-16(9-11-17)15-5-2-1-3-6-15)14-27-20-21-22-23-24(20)13-18-7-4-12-26-18/h8-11,15,18H,1-7,12-14H2. The molecule has 1 aliphatic carbocycles. The van der Waals surface area contributed by atoms with E-state index >= 15 is 0 Å². The molecule has 7 heteroatoms. The van der Waals surface area contributed by atoms with Crippen LogP contribution in [0.4, 0.5) is 0 Å². The number of tetrazole rings is 1. The normalized spacial score (nSPS) is 20.8. The highest BCUT2D eigenvalue weighted by atomic mass is 32.2. The van der Waals surface area contributed by atoms with Crippen LogP contribution in [0.2, 0.25) is 0 Å². The van der Waals surface area contributed by atoms with Crippen LogP contribution in [-0.4, -0.2) is 44.5 Å². The second-order valence-electron chi connectivity index (χ2n) is 7.45. The minimum absolute atomic E-state index is 0.113. The Hall–Kier alpha value is -1.73. The van der Waals surface area contributed by atoms with Gasteiger partial charge in [0.1, 0.15) is 0 Å². The largest absolute Gasteiger partial charge is 0.376 e. The summed E-state index contributed by atoms with van der Waals surface area (Å²) >= 11 is 1.39. The molecule has 6 nitrogen and oxygen atoms in total. The van der Waals surface area contributed by atoms with Crippen molar-refractivity contribution >= 4 is 17.5 Å². The highest BCUT2D eigenvalue weighted by Crippen LogP contribution is 2.32. The van der Waals surface area contributed by atoms with Crippen molar-refractivity contribution in [3.05, 3.63) is 35.4 Å². The number of aromatic nitrogens is 4. The first-order valence-electron chi connectivity index (χ1n) is 9.93. The topological polar surface area (TPSA) is 69.9 Å². The first-order valence-corrected chi connectivity index (χ1v) is 10.9. The molecule has 0 N–H and O–H groups in total. The van der Waals surface area contributed by atoms with Crippen LogP contribution in [0.15, 0.2) is 29.4 Å². The predicted molar refractivity (Wildman–Crippen MR) is 104 cm³/mol. The van der Waals surface area contributed by atoms with Crippen LogP contribution in [0.1, 0.15) is 66.8 Å². The average Bonchev–Trinajstić information content (AvgIpc) is 3.39. The Morgan fingerprint density at radius 2 is 1.93 bits per heavy atom. The third-order valence-electron chi connectivity index (χ3n) is 5.54. The highest BCUT2D eigenvalue weighted by Gasteiger charge is 2.20. The lowest BCUT2D eigenvalue weighted by molar-refractivity contribution is 0.0912. The van der Waals surface area contributed by atoms with E-state index in [4.69, 9.17) is 4.74 Å². The van der Waals surface area contributed by atoms with Crippen LogP contribution in [-0.2, 0) is 11.3 Å². The molecule has 2 fully saturated rings. The second-order valence-corrected chi connectivity index (χ2v) is 8.39. The Morgan fingerprint density at radius 3 is 2.67 bits per heavy atom. The molecular weight excluding hydrogens is 360 g/mol. The van der Waals surface area contributed by atoms with Crippen molar-refractivity contribution in [2.45, 2.75) is 68.7 Å². The zero-order valence-electron chi connectivity index (χ0n) is 15.5. The second kappa shape index (κ2) is 8.97. The van der Waals surface area contributed by atoms with Crippen LogP contribution in [0, 0.1) is 0 Å². The minimum atomic E-state index is 0.113. The van der Waals surface area contributed by atoms with Crippen LogP contribution < -0.4 is 0 Å². The van der Waals surface area contributed by atoms with Crippen molar-refractivity contribution in [2.75, 3.05) is 12.4 Å². The zero-order chi connectivity index (χ0) is 18.5. The van der Waals surface area contributed by atoms with Gasteiger partial charge in [0, 0.05) is 12.2 Å². The van der Waals surface area contributed by atoms with Crippen molar-refractivity contribution in [3.63, 3.8) is 0 Å². The lowest BCUT2D eigenvalue weighted by Gasteiger charge is -2.22. The molecule has 2 aromatic rings. The Labute approximate surface area is 164 Å². The monoisotopic (exact) mass is 386 g/mol. The summed E-state index contributed by atoms with van der Waals surface area (Å²) < 4.78 is 7.39. The number of rotatable bonds is 7. The Bertz CT molecular complexity index is 750. The van der Waals surface area contributed by atoms with Gasteiger partial charge in [-0.15, -0.1) is 5.10 Å². The molecule has 2 aliphatic rings. The molecule has 1 saturated carbocycles. The zero-order valence-corrected chi connectivity index (χ0v) is 16.4. The van der Waals surface area contributed by atoms with Gasteiger partial charge in [-0.25, -0.2) is 4.68 Å². The number of ketones is 1. The van der Waals surface area contributed by atoms with E-state index in [1.807, 2.05) is 12.1 Å². The van der Waals surface area contributed by atoms with Crippen LogP contribution in [0.5, 0.6) is 0 Å². The number of hydrogen-bond acceptors (Lipinski definition) is 6. The minimum Gasteiger partial charge on any atom is -0.376 e. The smallest absolute Gasteiger partial charge is 0.209 e. The third-order valence-corrected chi connectivity index (χ3v) is 6.50. The van der Waals surface area contributed by atoms with Crippen LogP contribution in [0.25, 0.3) is 0 Å². The maximum absolute atomic E-state index is 12.6. The van der Waals surface area contributed by atoms with Crippen LogP contribution in [0.3, 0.4) is 0 Å². The number of carbonyl (C=O) groups is 1. The van der Waals surface area contributed by atoms with E-state index in [0.717, 1.165) is 25.0 Å². The summed E-state index contributed by atoms with van der Waals surface area (Å²) in [4.78, 5) is 12.6. The molecule has 1 aromatic carbocycles. The summed E-state index contributed by atoms with van der Waals surface area (Å²) in [5.74, 6) is 1.12. The molecule has 2 heterocycles. The van der Waals surface area contributed by atoms with Gasteiger partial charge in [0.2, 0.25) is 5.16 Å². The van der Waals surface area contributed by atoms with Gasteiger partial charge in [0.05, 0.1) is 18.4 Å². The number of Topliss-reactive ketones (excluding diaryl/α,β-unsaturated/α-hetero) is 1. The SMILES string of the molecule is O=C(CSc1nnnn1CC1CCCO1)c1ccc(C2CCCCC2)cc1. The number of nitrogens with zero attached hydrogens (tertiary/aromatic N) is 4. The van der Waals surface area contributed by atoms with E-state index in [1.165, 1.54) is 49.4 Å². The van der Waals surface area contributed by atoms with Gasteiger partial charge in [0.15, 0.2) is 5.78 Å². The fourth-order valence-corrected chi connectivity index (χ4v) is 4.77. The fraction of sp³-hybridized carbons (Fsp3) is 0.600. The Balaban J connectivity index is 1.32. The number of thioether (sulfide) groups is 1. The maximum Gasteiger partial charge on any atom is 0.209 e. The van der Waals surface area contributed by atoms with Gasteiger partial charge in [-0.3, -0.25) is 4.79 Å². The van der Waals surface area contributed by atoms with Gasteiger partial charge < -0.3 is 4.74 Å². The summed E-state index contributed by atoms with van der Waals surface area (Å²) in [6.07, 6.45) is 8.85. The lowest BCUT2D eigenvalue weighted by atomic mass is 9.84. The highest BCUT2D eigenvalue weighted by molar-refractivity contribution is 7.99. The molecule has 1 aliphatic heterocycles. The van der Waals surface area contributed by atoms with Gasteiger partial charge >= 0.3 is 0 Å². The summed E-state index contributed by atoms with van der Waals surface area (Å²) in [6.45, 7) is 1.46. The first-order chi connectivity index (χ1) is 13.3. The molecular formula is C20H26N4O2S. The maximum atomic E-state index is 12.6. The van der Waals surface area contributed by atoms with Crippen molar-refractivity contribution in [3.8, 4) is 0 Å². The fourth-order valence-electron chi connectivity index (χ4n) is 3.99. The van der Waals surface area contributed by atoms with Crippen molar-refractivity contribution in [2.24, 2.45) is 0 Å². The van der Waals surface area contributed by atoms with Crippen LogP contribution >= 0.6 is 11.8 Å². The molecule has 1 atom stereocenters. The van der Waals surface area contributed by atoms with E-state index in [9.17, 15) is 4.79 Å². The van der Waals surface area contributed by atoms with E-state index in [1.54, 1.807) is 4.68 Å². The molecule has 0 radical (unpaired) electrons. The Morgan fingerprint density at radius 1 is 1.11 bits per heavy atom. The number of ether oxygens (including phenoxy) is 1. The van der Waals surface area contributed by atoms with Gasteiger partial charge in [-0.2, -0.15) is 0 Å². The van der Waals surface area contributed by atoms with Crippen molar-refractivity contribution in [1.82, 2.24) is 20.2 Å². The third kappa shape index (κ3) is 4.76. The average molecular weight is 387 g/mol. The predicted octanol–water partition coefficient (Wildman–Crippen LogP) is 3.87. The molecule has 0 spiro atoms.